The maximum absolute atomic E-state index is 6.23. The first-order valence-corrected chi connectivity index (χ1v) is 8.36. The van der Waals surface area contributed by atoms with Crippen LogP contribution in [0.2, 0.25) is 5.02 Å². The van der Waals surface area contributed by atoms with Crippen LogP contribution in [-0.2, 0) is 6.42 Å². The summed E-state index contributed by atoms with van der Waals surface area (Å²) in [6.45, 7) is 11.2. The molecular weight excluding hydrogens is 292 g/mol. The van der Waals surface area contributed by atoms with E-state index in [2.05, 4.69) is 26.1 Å². The van der Waals surface area contributed by atoms with Crippen LogP contribution < -0.4 is 11.5 Å². The van der Waals surface area contributed by atoms with Crippen molar-refractivity contribution in [3.63, 3.8) is 0 Å². The Morgan fingerprint density at radius 1 is 1.27 bits per heavy atom. The molecule has 0 spiro atoms. The Morgan fingerprint density at radius 3 is 2.64 bits per heavy atom. The number of hydrogen-bond acceptors (Lipinski definition) is 2. The molecule has 22 heavy (non-hydrogen) atoms. The first kappa shape index (κ1) is 19.0. The molecule has 0 aliphatic carbocycles. The molecule has 0 saturated carbocycles. The van der Waals surface area contributed by atoms with Crippen molar-refractivity contribution in [3.05, 3.63) is 59.2 Å². The maximum Gasteiger partial charge on any atom is 0.0408 e. The van der Waals surface area contributed by atoms with Crippen molar-refractivity contribution in [2.75, 3.05) is 6.54 Å². The first-order chi connectivity index (χ1) is 10.4. The summed E-state index contributed by atoms with van der Waals surface area (Å²) >= 11 is 6.00. The molecule has 0 amide bonds. The minimum Gasteiger partial charge on any atom is -0.330 e. The Balaban J connectivity index is 2.35. The lowest BCUT2D eigenvalue weighted by Gasteiger charge is -2.16. The fourth-order valence-corrected chi connectivity index (χ4v) is 2.67. The summed E-state index contributed by atoms with van der Waals surface area (Å²) in [5.74, 6) is 0.575. The molecule has 0 saturated heterocycles. The van der Waals surface area contributed by atoms with E-state index in [0.29, 0.717) is 5.92 Å². The van der Waals surface area contributed by atoms with Gasteiger partial charge in [0.1, 0.15) is 0 Å². The molecule has 0 radical (unpaired) electrons. The van der Waals surface area contributed by atoms with Gasteiger partial charge in [-0.1, -0.05) is 55.0 Å². The quantitative estimate of drug-likeness (QED) is 0.625. The molecule has 2 nitrogen and oxygen atoms in total. The van der Waals surface area contributed by atoms with E-state index in [1.807, 2.05) is 18.2 Å². The monoisotopic (exact) mass is 320 g/mol. The summed E-state index contributed by atoms with van der Waals surface area (Å²) < 4.78 is 0. The maximum atomic E-state index is 6.23. The van der Waals surface area contributed by atoms with Gasteiger partial charge in [0.2, 0.25) is 0 Å². The summed E-state index contributed by atoms with van der Waals surface area (Å²) in [7, 11) is 0. The summed E-state index contributed by atoms with van der Waals surface area (Å²) in [5, 5.41) is 0.752. The number of halogens is 1. The molecule has 0 fully saturated rings. The van der Waals surface area contributed by atoms with E-state index >= 15 is 0 Å². The van der Waals surface area contributed by atoms with Gasteiger partial charge in [-0.15, -0.1) is 0 Å². The van der Waals surface area contributed by atoms with Crippen LogP contribution in [0.5, 0.6) is 0 Å². The average Bonchev–Trinajstić information content (AvgIpc) is 2.46. The van der Waals surface area contributed by atoms with E-state index in [9.17, 15) is 0 Å². The number of rotatable bonds is 10. The molecule has 3 heteroatoms. The van der Waals surface area contributed by atoms with Crippen LogP contribution in [0, 0.1) is 5.92 Å². The van der Waals surface area contributed by atoms with E-state index in [0.717, 1.165) is 60.4 Å². The van der Waals surface area contributed by atoms with Crippen molar-refractivity contribution < 1.29 is 0 Å². The van der Waals surface area contributed by atoms with Gasteiger partial charge in [-0.2, -0.15) is 0 Å². The summed E-state index contributed by atoms with van der Waals surface area (Å²) in [5.41, 5.74) is 15.2. The van der Waals surface area contributed by atoms with Crippen LogP contribution in [0.1, 0.15) is 38.2 Å². The van der Waals surface area contributed by atoms with Crippen LogP contribution in [0.15, 0.2) is 48.6 Å². The molecule has 0 aliphatic heterocycles. The highest BCUT2D eigenvalue weighted by molar-refractivity contribution is 6.30. The highest BCUT2D eigenvalue weighted by Gasteiger charge is 2.09. The lowest BCUT2D eigenvalue weighted by Crippen LogP contribution is -2.23. The fourth-order valence-electron chi connectivity index (χ4n) is 2.46. The molecule has 1 aromatic carbocycles. The largest absolute Gasteiger partial charge is 0.330 e. The third-order valence-corrected chi connectivity index (χ3v) is 4.21. The number of allylic oxidation sites excluding steroid dienone is 1. The van der Waals surface area contributed by atoms with Crippen molar-refractivity contribution in [2.45, 2.75) is 45.1 Å². The highest BCUT2D eigenvalue weighted by Crippen LogP contribution is 2.21. The SMILES string of the molecule is C=C(CCC[C@H](C)CN)C(=C)CC(N)Cc1cccc(Cl)c1. The molecular formula is C19H29ClN2. The van der Waals surface area contributed by atoms with Crippen molar-refractivity contribution >= 4 is 11.6 Å². The Morgan fingerprint density at radius 2 is 2.00 bits per heavy atom. The van der Waals surface area contributed by atoms with Crippen LogP contribution in [0.25, 0.3) is 0 Å². The number of hydrogen-bond donors (Lipinski definition) is 2. The Hall–Kier alpha value is -1.09. The molecule has 2 atom stereocenters. The van der Waals surface area contributed by atoms with Gasteiger partial charge in [0.25, 0.3) is 0 Å². The topological polar surface area (TPSA) is 52.0 Å². The Bertz CT molecular complexity index is 496. The predicted molar refractivity (Wildman–Crippen MR) is 98.1 cm³/mol. The fraction of sp³-hybridized carbons (Fsp3) is 0.474. The van der Waals surface area contributed by atoms with Gasteiger partial charge < -0.3 is 11.5 Å². The zero-order chi connectivity index (χ0) is 16.5. The van der Waals surface area contributed by atoms with Gasteiger partial charge in [-0.25, -0.2) is 0 Å². The van der Waals surface area contributed by atoms with Crippen LogP contribution >= 0.6 is 11.6 Å². The lowest BCUT2D eigenvalue weighted by atomic mass is 9.93. The molecule has 122 valence electrons. The zero-order valence-electron chi connectivity index (χ0n) is 13.7. The lowest BCUT2D eigenvalue weighted by molar-refractivity contribution is 0.519. The van der Waals surface area contributed by atoms with Crippen molar-refractivity contribution in [2.24, 2.45) is 17.4 Å². The number of benzene rings is 1. The standard InChI is InChI=1S/C19H29ClN2/c1-14(13-21)6-4-7-15(2)16(3)10-19(22)12-17-8-5-9-18(20)11-17/h5,8-9,11,14,19H,2-4,6-7,10,12-13,21-22H2,1H3/t14-,19?/m0/s1. The van der Waals surface area contributed by atoms with Gasteiger partial charge in [0, 0.05) is 11.1 Å². The molecule has 0 heterocycles. The third-order valence-electron chi connectivity index (χ3n) is 3.97. The molecule has 1 aromatic rings. The molecule has 1 rings (SSSR count). The van der Waals surface area contributed by atoms with Crippen LogP contribution in [0.3, 0.4) is 0 Å². The summed E-state index contributed by atoms with van der Waals surface area (Å²) in [6.07, 6.45) is 4.80. The molecule has 0 aromatic heterocycles. The second-order valence-electron chi connectivity index (χ2n) is 6.24. The smallest absolute Gasteiger partial charge is 0.0408 e. The highest BCUT2D eigenvalue weighted by atomic mass is 35.5. The second-order valence-corrected chi connectivity index (χ2v) is 6.67. The van der Waals surface area contributed by atoms with Crippen LogP contribution in [0.4, 0.5) is 0 Å². The van der Waals surface area contributed by atoms with Gasteiger partial charge in [-0.05, 0) is 62.3 Å². The Kier molecular flexibility index (Phi) is 8.47. The van der Waals surface area contributed by atoms with E-state index in [1.54, 1.807) is 0 Å². The van der Waals surface area contributed by atoms with Crippen molar-refractivity contribution in [3.8, 4) is 0 Å². The van der Waals surface area contributed by atoms with Gasteiger partial charge in [0.05, 0.1) is 0 Å². The molecule has 1 unspecified atom stereocenters. The minimum atomic E-state index is 0.0469. The van der Waals surface area contributed by atoms with Gasteiger partial charge >= 0.3 is 0 Å². The average molecular weight is 321 g/mol. The first-order valence-electron chi connectivity index (χ1n) is 7.98. The second kappa shape index (κ2) is 9.83. The number of nitrogens with two attached hydrogens (primary N) is 2. The molecule has 0 bridgehead atoms. The molecule has 0 aliphatic rings. The van der Waals surface area contributed by atoms with Gasteiger partial charge in [0.15, 0.2) is 0 Å². The summed E-state index contributed by atoms with van der Waals surface area (Å²) in [6, 6.07) is 7.90. The van der Waals surface area contributed by atoms with E-state index in [-0.39, 0.29) is 6.04 Å². The molecule has 4 N–H and O–H groups in total. The Labute approximate surface area is 140 Å². The normalized spacial score (nSPS) is 13.6. The predicted octanol–water partition coefficient (Wildman–Crippen LogP) is 4.48. The van der Waals surface area contributed by atoms with E-state index < -0.39 is 0 Å². The van der Waals surface area contributed by atoms with E-state index in [4.69, 9.17) is 23.1 Å². The third kappa shape index (κ3) is 7.26. The van der Waals surface area contributed by atoms with Gasteiger partial charge in [-0.3, -0.25) is 0 Å². The summed E-state index contributed by atoms with van der Waals surface area (Å²) in [4.78, 5) is 0. The van der Waals surface area contributed by atoms with Crippen molar-refractivity contribution in [1.82, 2.24) is 0 Å². The van der Waals surface area contributed by atoms with E-state index in [1.165, 1.54) is 0 Å². The van der Waals surface area contributed by atoms with Crippen molar-refractivity contribution in [1.29, 1.82) is 0 Å². The van der Waals surface area contributed by atoms with Crippen LogP contribution in [-0.4, -0.2) is 12.6 Å². The minimum absolute atomic E-state index is 0.0469. The zero-order valence-corrected chi connectivity index (χ0v) is 14.4.